The minimum atomic E-state index is -3.73. The lowest BCUT2D eigenvalue weighted by Gasteiger charge is -2.31. The zero-order valence-corrected chi connectivity index (χ0v) is 24.1. The number of rotatable bonds is 8. The number of aromatic amines is 1. The van der Waals surface area contributed by atoms with E-state index < -0.39 is 10.0 Å². The van der Waals surface area contributed by atoms with E-state index in [4.69, 9.17) is 0 Å². The minimum absolute atomic E-state index is 0. The molecule has 41 heavy (non-hydrogen) atoms. The first kappa shape index (κ1) is 30.1. The summed E-state index contributed by atoms with van der Waals surface area (Å²) in [6.45, 7) is 4.22. The fourth-order valence-electron chi connectivity index (χ4n) is 5.40. The molecule has 2 fully saturated rings. The number of benzene rings is 3. The van der Waals surface area contributed by atoms with E-state index in [0.717, 1.165) is 67.0 Å². The Labute approximate surface area is 244 Å². The number of nitrogens with zero attached hydrogens (tertiary/aromatic N) is 2. The summed E-state index contributed by atoms with van der Waals surface area (Å²) in [5.74, 6) is 0. The predicted octanol–water partition coefficient (Wildman–Crippen LogP) is 6.08. The Kier molecular flexibility index (Phi) is 9.71. The number of hydrogen-bond donors (Lipinski definition) is 7. The van der Waals surface area contributed by atoms with Crippen LogP contribution in [-0.2, 0) is 10.0 Å². The quantitative estimate of drug-likeness (QED) is 0.129. The van der Waals surface area contributed by atoms with Gasteiger partial charge >= 0.3 is 0 Å². The summed E-state index contributed by atoms with van der Waals surface area (Å²) in [4.78, 5) is 2.66. The van der Waals surface area contributed by atoms with Gasteiger partial charge in [0.15, 0.2) is 0 Å². The highest BCUT2D eigenvalue weighted by atomic mass is 32.2. The van der Waals surface area contributed by atoms with E-state index in [1.165, 1.54) is 24.9 Å². The highest BCUT2D eigenvalue weighted by molar-refractivity contribution is 7.92. The predicted molar refractivity (Wildman–Crippen MR) is 173 cm³/mol. The van der Waals surface area contributed by atoms with Crippen molar-refractivity contribution < 1.29 is 11.3 Å². The molecule has 2 aliphatic rings. The van der Waals surface area contributed by atoms with E-state index in [-0.39, 0.29) is 20.0 Å². The molecule has 4 aromatic rings. The fourth-order valence-corrected chi connectivity index (χ4v) is 6.45. The van der Waals surface area contributed by atoms with Crippen LogP contribution in [0.1, 0.15) is 35.0 Å². The molecule has 6 rings (SSSR count). The molecule has 0 atom stereocenters. The van der Waals surface area contributed by atoms with Gasteiger partial charge in [-0.2, -0.15) is 5.10 Å². The molecule has 0 amide bonds. The molecule has 2 saturated heterocycles. The molecule has 11 nitrogen and oxygen atoms in total. The Morgan fingerprint density at radius 1 is 0.829 bits per heavy atom. The van der Waals surface area contributed by atoms with Crippen LogP contribution in [-0.4, -0.2) is 50.8 Å². The fraction of sp³-hybridized carbons (Fsp3) is 0.345. The van der Waals surface area contributed by atoms with Gasteiger partial charge < -0.3 is 33.2 Å². The molecule has 0 radical (unpaired) electrons. The van der Waals surface area contributed by atoms with Gasteiger partial charge in [0.2, 0.25) is 0 Å². The monoisotopic (exact) mass is 583 g/mol. The van der Waals surface area contributed by atoms with E-state index in [1.54, 1.807) is 42.6 Å². The van der Waals surface area contributed by atoms with Crippen LogP contribution in [0.15, 0.2) is 71.8 Å². The molecule has 3 aromatic carbocycles. The van der Waals surface area contributed by atoms with E-state index in [9.17, 15) is 8.42 Å². The largest absolute Gasteiger partial charge is 0.382 e. The Bertz CT molecular complexity index is 1540. The van der Waals surface area contributed by atoms with Crippen LogP contribution in [0.4, 0.5) is 28.4 Å². The highest BCUT2D eigenvalue weighted by Gasteiger charge is 2.17. The Morgan fingerprint density at radius 2 is 1.54 bits per heavy atom. The molecule has 11 N–H and O–H groups in total. The first-order valence-electron chi connectivity index (χ1n) is 13.7. The first-order valence-corrected chi connectivity index (χ1v) is 15.2. The number of H-pyrrole nitrogens is 1. The highest BCUT2D eigenvalue weighted by Crippen LogP contribution is 2.31. The van der Waals surface area contributed by atoms with Gasteiger partial charge in [0.05, 0.1) is 22.3 Å². The van der Waals surface area contributed by atoms with Gasteiger partial charge in [0.1, 0.15) is 0 Å². The van der Waals surface area contributed by atoms with Gasteiger partial charge in [-0.15, -0.1) is 0 Å². The van der Waals surface area contributed by atoms with Crippen LogP contribution in [0.5, 0.6) is 0 Å². The van der Waals surface area contributed by atoms with Crippen molar-refractivity contribution in [2.45, 2.75) is 43.0 Å². The topological polar surface area (TPSA) is 184 Å². The molecular weight excluding hydrogens is 538 g/mol. The smallest absolute Gasteiger partial charge is 0.261 e. The summed E-state index contributed by atoms with van der Waals surface area (Å²) in [5, 5.41) is 18.5. The second-order valence-corrected chi connectivity index (χ2v) is 12.1. The van der Waals surface area contributed by atoms with E-state index in [0.29, 0.717) is 11.7 Å². The van der Waals surface area contributed by atoms with Crippen molar-refractivity contribution in [1.82, 2.24) is 27.8 Å². The maximum atomic E-state index is 13.0. The maximum absolute atomic E-state index is 13.0. The molecule has 12 heteroatoms. The van der Waals surface area contributed by atoms with Crippen LogP contribution < -0.4 is 37.9 Å². The summed E-state index contributed by atoms with van der Waals surface area (Å²) in [7, 11) is -3.73. The molecule has 3 heterocycles. The van der Waals surface area contributed by atoms with E-state index >= 15 is 0 Å². The minimum Gasteiger partial charge on any atom is -0.382 e. The van der Waals surface area contributed by atoms with Crippen LogP contribution in [0.25, 0.3) is 10.9 Å². The van der Waals surface area contributed by atoms with Gasteiger partial charge in [-0.25, -0.2) is 8.42 Å². The van der Waals surface area contributed by atoms with Crippen molar-refractivity contribution in [1.29, 1.82) is 0 Å². The van der Waals surface area contributed by atoms with Crippen molar-refractivity contribution in [2.24, 2.45) is 0 Å². The second kappa shape index (κ2) is 13.2. The van der Waals surface area contributed by atoms with Crippen LogP contribution in [0.2, 0.25) is 0 Å². The molecule has 0 aliphatic carbocycles. The van der Waals surface area contributed by atoms with Crippen molar-refractivity contribution >= 4 is 49.4 Å². The summed E-state index contributed by atoms with van der Waals surface area (Å²) in [6.07, 6.45) is 7.64. The zero-order chi connectivity index (χ0) is 26.7. The average molecular weight is 584 g/mol. The number of fused-ring (bicyclic) bond motifs is 1. The SMILES string of the molecule is N.N.O=S(=O)(Nc1ccc2cn[nH]c2c1)c1ccc(Nc2cc(NC3CCNCC3)cc(N3CCCCC3)c2)cc1.[HH].[HH]. The molecule has 2 aliphatic heterocycles. The number of sulfonamides is 1. The lowest BCUT2D eigenvalue weighted by atomic mass is 10.1. The summed E-state index contributed by atoms with van der Waals surface area (Å²) in [6, 6.07) is 19.2. The normalized spacial score (nSPS) is 16.0. The third-order valence-electron chi connectivity index (χ3n) is 7.50. The van der Waals surface area contributed by atoms with Gasteiger partial charge in [-0.3, -0.25) is 9.82 Å². The number of anilines is 5. The Balaban J connectivity index is 0.00000161. The van der Waals surface area contributed by atoms with E-state index in [2.05, 4.69) is 54.0 Å². The molecule has 224 valence electrons. The van der Waals surface area contributed by atoms with E-state index in [1.807, 2.05) is 6.07 Å². The van der Waals surface area contributed by atoms with Gasteiger partial charge in [-0.1, -0.05) is 0 Å². The third kappa shape index (κ3) is 7.27. The summed E-state index contributed by atoms with van der Waals surface area (Å²) >= 11 is 0. The van der Waals surface area contributed by atoms with Gasteiger partial charge in [0, 0.05) is 50.1 Å². The summed E-state index contributed by atoms with van der Waals surface area (Å²) < 4.78 is 28.7. The molecule has 0 saturated carbocycles. The Hall–Kier alpha value is -3.84. The third-order valence-corrected chi connectivity index (χ3v) is 8.89. The molecule has 0 spiro atoms. The average Bonchev–Trinajstić information content (AvgIpc) is 3.42. The number of hydrogen-bond acceptors (Lipinski definition) is 9. The second-order valence-electron chi connectivity index (χ2n) is 10.4. The van der Waals surface area contributed by atoms with Crippen molar-refractivity contribution in [2.75, 3.05) is 46.4 Å². The lowest BCUT2D eigenvalue weighted by molar-refractivity contribution is 0.479. The first-order chi connectivity index (χ1) is 19.0. The molecular formula is C29H45N9O2S. The summed E-state index contributed by atoms with van der Waals surface area (Å²) in [5.41, 5.74) is 5.40. The van der Waals surface area contributed by atoms with Gasteiger partial charge in [0.25, 0.3) is 10.0 Å². The number of piperidine rings is 2. The lowest BCUT2D eigenvalue weighted by Crippen LogP contribution is -2.35. The van der Waals surface area contributed by atoms with Gasteiger partial charge in [-0.05, 0) is 106 Å². The van der Waals surface area contributed by atoms with Crippen molar-refractivity contribution in [3.63, 3.8) is 0 Å². The van der Waals surface area contributed by atoms with Crippen LogP contribution in [0.3, 0.4) is 0 Å². The molecule has 1 aromatic heterocycles. The van der Waals surface area contributed by atoms with Crippen LogP contribution >= 0.6 is 0 Å². The maximum Gasteiger partial charge on any atom is 0.261 e. The van der Waals surface area contributed by atoms with Crippen molar-refractivity contribution in [3.8, 4) is 0 Å². The molecule has 0 unspecified atom stereocenters. The van der Waals surface area contributed by atoms with Crippen LogP contribution in [0, 0.1) is 0 Å². The molecule has 0 bridgehead atoms. The number of nitrogens with one attached hydrogen (secondary N) is 5. The zero-order valence-electron chi connectivity index (χ0n) is 23.3. The standard InChI is InChI=1S/C29H35N7O2S.2H3N.2H2/c37-39(38,35-24-5-4-21-20-31-34-29(21)19-24)28-8-6-22(7-9-28)32-25-16-26(33-23-10-12-30-13-11-23)18-27(17-25)36-14-2-1-3-15-36;;;;/h4-9,16-20,23,30,32-33,35H,1-3,10-15H2,(H,31,34);2*1H3;2*1H. The Morgan fingerprint density at radius 3 is 2.29 bits per heavy atom. The van der Waals surface area contributed by atoms with Crippen molar-refractivity contribution in [3.05, 3.63) is 66.9 Å². The number of aromatic nitrogens is 2.